The molecular weight excluding hydrogens is 390 g/mol. The van der Waals surface area contributed by atoms with Crippen LogP contribution in [0.25, 0.3) is 11.0 Å². The molecule has 1 aliphatic heterocycles. The van der Waals surface area contributed by atoms with Gasteiger partial charge in [-0.25, -0.2) is 15.0 Å². The van der Waals surface area contributed by atoms with Gasteiger partial charge in [0, 0.05) is 54.5 Å². The van der Waals surface area contributed by atoms with Crippen molar-refractivity contribution in [3.8, 4) is 0 Å². The average Bonchev–Trinajstić information content (AvgIpc) is 2.62. The summed E-state index contributed by atoms with van der Waals surface area (Å²) in [6, 6.07) is 9.80. The van der Waals surface area contributed by atoms with Gasteiger partial charge in [0.25, 0.3) is 0 Å². The number of rotatable bonds is 2. The fraction of sp³-hybridized carbons (Fsp3) is 0.235. The van der Waals surface area contributed by atoms with Crippen molar-refractivity contribution in [2.24, 2.45) is 0 Å². The summed E-state index contributed by atoms with van der Waals surface area (Å²) in [4.78, 5) is 18.0. The van der Waals surface area contributed by atoms with Crippen LogP contribution >= 0.6 is 27.5 Å². The molecule has 7 heteroatoms. The Balaban J connectivity index is 1.52. The molecule has 1 saturated heterocycles. The first-order chi connectivity index (χ1) is 11.7. The number of hydrogen-bond donors (Lipinski definition) is 0. The minimum atomic E-state index is 0.692. The Morgan fingerprint density at radius 2 is 1.71 bits per heavy atom. The van der Waals surface area contributed by atoms with Crippen molar-refractivity contribution in [3.63, 3.8) is 0 Å². The SMILES string of the molecule is Clc1cc(N2CCN(c3ccc(Br)cn3)CC2)nc2ncccc12. The number of piperazine rings is 1. The molecule has 0 aromatic carbocycles. The van der Waals surface area contributed by atoms with Crippen LogP contribution in [0.15, 0.2) is 47.2 Å². The number of pyridine rings is 3. The fourth-order valence-electron chi connectivity index (χ4n) is 2.89. The third-order valence-electron chi connectivity index (χ3n) is 4.16. The molecule has 122 valence electrons. The summed E-state index contributed by atoms with van der Waals surface area (Å²) in [6.45, 7) is 3.54. The Morgan fingerprint density at radius 1 is 0.958 bits per heavy atom. The maximum absolute atomic E-state index is 6.39. The maximum Gasteiger partial charge on any atom is 0.163 e. The van der Waals surface area contributed by atoms with Crippen molar-refractivity contribution >= 4 is 50.2 Å². The molecule has 0 amide bonds. The first-order valence-corrected chi connectivity index (χ1v) is 8.90. The van der Waals surface area contributed by atoms with Crippen LogP contribution in [0.2, 0.25) is 5.02 Å². The molecule has 0 radical (unpaired) electrons. The van der Waals surface area contributed by atoms with Gasteiger partial charge in [-0.2, -0.15) is 0 Å². The van der Waals surface area contributed by atoms with E-state index in [4.69, 9.17) is 11.6 Å². The van der Waals surface area contributed by atoms with E-state index in [1.165, 1.54) is 0 Å². The number of halogens is 2. The molecule has 0 N–H and O–H groups in total. The highest BCUT2D eigenvalue weighted by Gasteiger charge is 2.20. The van der Waals surface area contributed by atoms with Gasteiger partial charge in [-0.3, -0.25) is 0 Å². The predicted octanol–water partition coefficient (Wildman–Crippen LogP) is 3.77. The Labute approximate surface area is 153 Å². The maximum atomic E-state index is 6.39. The Hall–Kier alpha value is -1.92. The van der Waals surface area contributed by atoms with Gasteiger partial charge in [0.1, 0.15) is 11.6 Å². The summed E-state index contributed by atoms with van der Waals surface area (Å²) in [5, 5.41) is 1.58. The van der Waals surface area contributed by atoms with E-state index < -0.39 is 0 Å². The second-order valence-electron chi connectivity index (χ2n) is 5.65. The van der Waals surface area contributed by atoms with Crippen LogP contribution in [0.3, 0.4) is 0 Å². The molecule has 24 heavy (non-hydrogen) atoms. The lowest BCUT2D eigenvalue weighted by Crippen LogP contribution is -2.47. The van der Waals surface area contributed by atoms with Crippen LogP contribution in [-0.2, 0) is 0 Å². The summed E-state index contributed by atoms with van der Waals surface area (Å²) in [5.74, 6) is 1.89. The Bertz CT molecular complexity index is 862. The molecule has 0 bridgehead atoms. The topological polar surface area (TPSA) is 45.2 Å². The van der Waals surface area contributed by atoms with Gasteiger partial charge in [0.15, 0.2) is 5.65 Å². The van der Waals surface area contributed by atoms with Gasteiger partial charge in [-0.15, -0.1) is 0 Å². The number of fused-ring (bicyclic) bond motifs is 1. The van der Waals surface area contributed by atoms with Gasteiger partial charge < -0.3 is 9.80 Å². The largest absolute Gasteiger partial charge is 0.353 e. The molecule has 4 heterocycles. The molecular formula is C17H15BrClN5. The molecule has 0 aliphatic carbocycles. The van der Waals surface area contributed by atoms with Crippen LogP contribution < -0.4 is 9.80 Å². The summed E-state index contributed by atoms with van der Waals surface area (Å²) < 4.78 is 0.993. The zero-order valence-electron chi connectivity index (χ0n) is 12.9. The molecule has 3 aromatic heterocycles. The summed E-state index contributed by atoms with van der Waals surface area (Å²) in [6.07, 6.45) is 3.57. The Morgan fingerprint density at radius 3 is 2.42 bits per heavy atom. The minimum Gasteiger partial charge on any atom is -0.353 e. The monoisotopic (exact) mass is 403 g/mol. The Kier molecular flexibility index (Phi) is 4.24. The van der Waals surface area contributed by atoms with Crippen molar-refractivity contribution in [3.05, 3.63) is 52.2 Å². The highest BCUT2D eigenvalue weighted by Crippen LogP contribution is 2.26. The summed E-state index contributed by atoms with van der Waals surface area (Å²) in [5.41, 5.74) is 0.692. The molecule has 5 nitrogen and oxygen atoms in total. The molecule has 0 spiro atoms. The third kappa shape index (κ3) is 3.03. The van der Waals surface area contributed by atoms with Crippen molar-refractivity contribution in [1.82, 2.24) is 15.0 Å². The smallest absolute Gasteiger partial charge is 0.163 e. The first kappa shape index (κ1) is 15.6. The lowest BCUT2D eigenvalue weighted by Gasteiger charge is -2.36. The second-order valence-corrected chi connectivity index (χ2v) is 6.97. The number of nitrogens with zero attached hydrogens (tertiary/aromatic N) is 5. The van der Waals surface area contributed by atoms with E-state index in [1.54, 1.807) is 6.20 Å². The molecule has 0 saturated carbocycles. The lowest BCUT2D eigenvalue weighted by atomic mass is 10.2. The van der Waals surface area contributed by atoms with E-state index in [9.17, 15) is 0 Å². The lowest BCUT2D eigenvalue weighted by molar-refractivity contribution is 0.642. The highest BCUT2D eigenvalue weighted by atomic mass is 79.9. The molecule has 0 atom stereocenters. The van der Waals surface area contributed by atoms with Gasteiger partial charge >= 0.3 is 0 Å². The van der Waals surface area contributed by atoms with E-state index in [0.29, 0.717) is 10.7 Å². The predicted molar refractivity (Wildman–Crippen MR) is 101 cm³/mol. The molecule has 0 unspecified atom stereocenters. The zero-order valence-corrected chi connectivity index (χ0v) is 15.2. The third-order valence-corrected chi connectivity index (χ3v) is 4.94. The van der Waals surface area contributed by atoms with E-state index in [0.717, 1.165) is 47.7 Å². The van der Waals surface area contributed by atoms with Crippen molar-refractivity contribution < 1.29 is 0 Å². The average molecular weight is 405 g/mol. The van der Waals surface area contributed by atoms with E-state index in [-0.39, 0.29) is 0 Å². The number of aromatic nitrogens is 3. The normalized spacial score (nSPS) is 15.1. The first-order valence-electron chi connectivity index (χ1n) is 7.73. The van der Waals surface area contributed by atoms with Gasteiger partial charge in [0.2, 0.25) is 0 Å². The summed E-state index contributed by atoms with van der Waals surface area (Å²) in [7, 11) is 0. The van der Waals surface area contributed by atoms with Gasteiger partial charge in [-0.05, 0) is 40.2 Å². The van der Waals surface area contributed by atoms with Crippen LogP contribution in [0.1, 0.15) is 0 Å². The van der Waals surface area contributed by atoms with Gasteiger partial charge in [-0.1, -0.05) is 11.6 Å². The van der Waals surface area contributed by atoms with Crippen molar-refractivity contribution in [2.75, 3.05) is 36.0 Å². The van der Waals surface area contributed by atoms with Crippen LogP contribution in [-0.4, -0.2) is 41.1 Å². The van der Waals surface area contributed by atoms with Crippen LogP contribution in [0.5, 0.6) is 0 Å². The molecule has 4 rings (SSSR count). The molecule has 3 aromatic rings. The minimum absolute atomic E-state index is 0.692. The fourth-order valence-corrected chi connectivity index (χ4v) is 3.37. The number of anilines is 2. The zero-order chi connectivity index (χ0) is 16.5. The van der Waals surface area contributed by atoms with Crippen LogP contribution in [0, 0.1) is 0 Å². The second kappa shape index (κ2) is 6.53. The van der Waals surface area contributed by atoms with E-state index in [2.05, 4.69) is 40.7 Å². The van der Waals surface area contributed by atoms with Gasteiger partial charge in [0.05, 0.1) is 5.02 Å². The quantitative estimate of drug-likeness (QED) is 0.650. The van der Waals surface area contributed by atoms with E-state index in [1.807, 2.05) is 36.5 Å². The summed E-state index contributed by atoms with van der Waals surface area (Å²) >= 11 is 9.81. The molecule has 1 fully saturated rings. The van der Waals surface area contributed by atoms with Crippen molar-refractivity contribution in [2.45, 2.75) is 0 Å². The van der Waals surface area contributed by atoms with Crippen molar-refractivity contribution in [1.29, 1.82) is 0 Å². The van der Waals surface area contributed by atoms with Crippen LogP contribution in [0.4, 0.5) is 11.6 Å². The molecule has 1 aliphatic rings. The number of hydrogen-bond acceptors (Lipinski definition) is 5. The van der Waals surface area contributed by atoms with E-state index >= 15 is 0 Å². The highest BCUT2D eigenvalue weighted by molar-refractivity contribution is 9.10. The standard InChI is InChI=1S/C17H15BrClN5/c18-12-3-4-15(21-11-12)23-6-8-24(9-7-23)16-10-14(19)13-2-1-5-20-17(13)22-16/h1-5,10-11H,6-9H2.